The SMILES string of the molecule is CCC(=O)N1CCCCC1c1cc(C(=O)N2CCc3ccccc32)n[nH]1. The molecule has 0 radical (unpaired) electrons. The molecule has 6 nitrogen and oxygen atoms in total. The van der Waals surface area contributed by atoms with Crippen LogP contribution in [0.5, 0.6) is 0 Å². The highest BCUT2D eigenvalue weighted by Crippen LogP contribution is 2.32. The molecule has 1 saturated heterocycles. The van der Waals surface area contributed by atoms with Crippen molar-refractivity contribution in [3.05, 3.63) is 47.3 Å². The Morgan fingerprint density at radius 3 is 2.92 bits per heavy atom. The molecule has 1 unspecified atom stereocenters. The Labute approximate surface area is 153 Å². The maximum Gasteiger partial charge on any atom is 0.278 e. The third-order valence-electron chi connectivity index (χ3n) is 5.43. The topological polar surface area (TPSA) is 69.3 Å². The van der Waals surface area contributed by atoms with Crippen molar-refractivity contribution in [3.63, 3.8) is 0 Å². The number of nitrogens with one attached hydrogen (secondary N) is 1. The van der Waals surface area contributed by atoms with Crippen LogP contribution in [0.15, 0.2) is 30.3 Å². The van der Waals surface area contributed by atoms with Gasteiger partial charge in [0.05, 0.1) is 11.7 Å². The summed E-state index contributed by atoms with van der Waals surface area (Å²) >= 11 is 0. The molecule has 1 aromatic heterocycles. The summed E-state index contributed by atoms with van der Waals surface area (Å²) in [6, 6.07) is 9.83. The monoisotopic (exact) mass is 352 g/mol. The highest BCUT2D eigenvalue weighted by molar-refractivity contribution is 6.06. The Morgan fingerprint density at radius 1 is 1.23 bits per heavy atom. The number of aromatic nitrogens is 2. The van der Waals surface area contributed by atoms with E-state index in [0.29, 0.717) is 18.7 Å². The Hall–Kier alpha value is -2.63. The van der Waals surface area contributed by atoms with Gasteiger partial charge in [0.25, 0.3) is 5.91 Å². The van der Waals surface area contributed by atoms with Crippen LogP contribution in [0.2, 0.25) is 0 Å². The summed E-state index contributed by atoms with van der Waals surface area (Å²) in [7, 11) is 0. The van der Waals surface area contributed by atoms with Crippen LogP contribution >= 0.6 is 0 Å². The summed E-state index contributed by atoms with van der Waals surface area (Å²) in [6.07, 6.45) is 4.41. The largest absolute Gasteiger partial charge is 0.334 e. The number of fused-ring (bicyclic) bond motifs is 1. The van der Waals surface area contributed by atoms with Crippen molar-refractivity contribution >= 4 is 17.5 Å². The lowest BCUT2D eigenvalue weighted by Crippen LogP contribution is -2.38. The molecule has 6 heteroatoms. The lowest BCUT2D eigenvalue weighted by molar-refractivity contribution is -0.134. The van der Waals surface area contributed by atoms with Gasteiger partial charge in [-0.05, 0) is 43.4 Å². The van der Waals surface area contributed by atoms with Gasteiger partial charge in [-0.25, -0.2) is 0 Å². The zero-order valence-electron chi connectivity index (χ0n) is 15.1. The number of carbonyl (C=O) groups excluding carboxylic acids is 2. The number of H-pyrrole nitrogens is 1. The van der Waals surface area contributed by atoms with Crippen LogP contribution in [0.1, 0.15) is 60.4 Å². The summed E-state index contributed by atoms with van der Waals surface area (Å²) in [6.45, 7) is 3.35. The molecule has 0 aliphatic carbocycles. The molecule has 0 spiro atoms. The van der Waals surface area contributed by atoms with Crippen molar-refractivity contribution in [1.82, 2.24) is 15.1 Å². The lowest BCUT2D eigenvalue weighted by Gasteiger charge is -2.35. The molecule has 2 aliphatic rings. The molecule has 1 fully saturated rings. The Balaban J connectivity index is 1.56. The Kier molecular flexibility index (Phi) is 4.49. The van der Waals surface area contributed by atoms with Gasteiger partial charge in [0, 0.05) is 25.2 Å². The second kappa shape index (κ2) is 6.94. The van der Waals surface area contributed by atoms with Gasteiger partial charge in [-0.2, -0.15) is 5.10 Å². The number of hydrogen-bond donors (Lipinski definition) is 1. The summed E-state index contributed by atoms with van der Waals surface area (Å²) in [5.41, 5.74) is 3.46. The highest BCUT2D eigenvalue weighted by Gasteiger charge is 2.31. The molecule has 0 saturated carbocycles. The molecule has 136 valence electrons. The second-order valence-electron chi connectivity index (χ2n) is 7.00. The van der Waals surface area contributed by atoms with Gasteiger partial charge in [-0.1, -0.05) is 25.1 Å². The lowest BCUT2D eigenvalue weighted by atomic mass is 9.98. The number of benzene rings is 1. The maximum absolute atomic E-state index is 12.9. The van der Waals surface area contributed by atoms with Crippen LogP contribution in [0.25, 0.3) is 0 Å². The third kappa shape index (κ3) is 2.89. The van der Waals surface area contributed by atoms with E-state index in [1.165, 1.54) is 5.56 Å². The van der Waals surface area contributed by atoms with E-state index in [1.54, 1.807) is 4.90 Å². The number of amides is 2. The molecule has 1 atom stereocenters. The average Bonchev–Trinajstić information content (AvgIpc) is 3.34. The number of anilines is 1. The van der Waals surface area contributed by atoms with Crippen molar-refractivity contribution in [2.45, 2.75) is 45.1 Å². The van der Waals surface area contributed by atoms with Crippen LogP contribution in [0.3, 0.4) is 0 Å². The van der Waals surface area contributed by atoms with Crippen LogP contribution in [-0.4, -0.2) is 40.0 Å². The number of hydrogen-bond acceptors (Lipinski definition) is 3. The van der Waals surface area contributed by atoms with Gasteiger partial charge in [-0.15, -0.1) is 0 Å². The van der Waals surface area contributed by atoms with Crippen LogP contribution < -0.4 is 4.90 Å². The molecule has 2 aromatic rings. The van der Waals surface area contributed by atoms with Gasteiger partial charge in [0.2, 0.25) is 5.91 Å². The molecule has 2 aliphatic heterocycles. The smallest absolute Gasteiger partial charge is 0.278 e. The van der Waals surface area contributed by atoms with E-state index in [2.05, 4.69) is 16.3 Å². The quantitative estimate of drug-likeness (QED) is 0.923. The minimum atomic E-state index is -0.0818. The molecule has 1 aromatic carbocycles. The van der Waals surface area contributed by atoms with E-state index in [-0.39, 0.29) is 17.9 Å². The number of nitrogens with zero attached hydrogens (tertiary/aromatic N) is 3. The van der Waals surface area contributed by atoms with E-state index in [4.69, 9.17) is 0 Å². The minimum absolute atomic E-state index is 0.00360. The number of piperidine rings is 1. The molecule has 3 heterocycles. The van der Waals surface area contributed by atoms with Crippen molar-refractivity contribution in [3.8, 4) is 0 Å². The molecule has 2 amide bonds. The van der Waals surface area contributed by atoms with Gasteiger partial charge in [0.1, 0.15) is 0 Å². The molecular formula is C20H24N4O2. The standard InChI is InChI=1S/C20H24N4O2/c1-2-19(25)23-11-6-5-9-18(23)15-13-16(22-21-15)20(26)24-12-10-14-7-3-4-8-17(14)24/h3-4,7-8,13,18H,2,5-6,9-12H2,1H3,(H,21,22). The van der Waals surface area contributed by atoms with Gasteiger partial charge >= 0.3 is 0 Å². The fourth-order valence-corrected chi connectivity index (χ4v) is 4.06. The van der Waals surface area contributed by atoms with Crippen LogP contribution in [0, 0.1) is 0 Å². The number of likely N-dealkylation sites (tertiary alicyclic amines) is 1. The first kappa shape index (κ1) is 16.8. The van der Waals surface area contributed by atoms with E-state index in [0.717, 1.165) is 43.6 Å². The Morgan fingerprint density at radius 2 is 2.08 bits per heavy atom. The summed E-state index contributed by atoms with van der Waals surface area (Å²) in [5, 5.41) is 7.30. The third-order valence-corrected chi connectivity index (χ3v) is 5.43. The molecule has 0 bridgehead atoms. The average molecular weight is 352 g/mol. The van der Waals surface area contributed by atoms with Gasteiger partial charge in [0.15, 0.2) is 5.69 Å². The van der Waals surface area contributed by atoms with E-state index < -0.39 is 0 Å². The normalized spacial score (nSPS) is 19.5. The van der Waals surface area contributed by atoms with E-state index in [9.17, 15) is 9.59 Å². The highest BCUT2D eigenvalue weighted by atomic mass is 16.2. The molecular weight excluding hydrogens is 328 g/mol. The van der Waals surface area contributed by atoms with Crippen LogP contribution in [0.4, 0.5) is 5.69 Å². The number of aromatic amines is 1. The number of rotatable bonds is 3. The maximum atomic E-state index is 12.9. The van der Waals surface area contributed by atoms with Crippen molar-refractivity contribution < 1.29 is 9.59 Å². The zero-order valence-corrected chi connectivity index (χ0v) is 15.1. The van der Waals surface area contributed by atoms with Gasteiger partial charge < -0.3 is 9.80 Å². The van der Waals surface area contributed by atoms with Crippen molar-refractivity contribution in [2.24, 2.45) is 0 Å². The first-order chi connectivity index (χ1) is 12.7. The predicted molar refractivity (Wildman–Crippen MR) is 99.0 cm³/mol. The first-order valence-electron chi connectivity index (χ1n) is 9.43. The van der Waals surface area contributed by atoms with Crippen molar-refractivity contribution in [1.29, 1.82) is 0 Å². The van der Waals surface area contributed by atoms with Crippen molar-refractivity contribution in [2.75, 3.05) is 18.0 Å². The Bertz CT molecular complexity index is 829. The van der Waals surface area contributed by atoms with E-state index >= 15 is 0 Å². The van der Waals surface area contributed by atoms with E-state index in [1.807, 2.05) is 36.1 Å². The summed E-state index contributed by atoms with van der Waals surface area (Å²) in [5.74, 6) is 0.0762. The summed E-state index contributed by atoms with van der Waals surface area (Å²) < 4.78 is 0. The molecule has 26 heavy (non-hydrogen) atoms. The van der Waals surface area contributed by atoms with Crippen LogP contribution in [-0.2, 0) is 11.2 Å². The number of para-hydroxylation sites is 1. The molecule has 1 N–H and O–H groups in total. The predicted octanol–water partition coefficient (Wildman–Crippen LogP) is 3.08. The zero-order chi connectivity index (χ0) is 18.1. The second-order valence-corrected chi connectivity index (χ2v) is 7.00. The minimum Gasteiger partial charge on any atom is -0.334 e. The van der Waals surface area contributed by atoms with Gasteiger partial charge in [-0.3, -0.25) is 14.7 Å². The fourth-order valence-electron chi connectivity index (χ4n) is 4.06. The fraction of sp³-hybridized carbons (Fsp3) is 0.450. The summed E-state index contributed by atoms with van der Waals surface area (Å²) in [4.78, 5) is 28.9. The molecule has 4 rings (SSSR count). The number of carbonyl (C=O) groups is 2. The first-order valence-corrected chi connectivity index (χ1v) is 9.43.